The maximum absolute atomic E-state index is 10.3. The summed E-state index contributed by atoms with van der Waals surface area (Å²) in [5, 5.41) is 8.49. The van der Waals surface area contributed by atoms with E-state index < -0.39 is 5.97 Å². The van der Waals surface area contributed by atoms with E-state index in [1.807, 2.05) is 21.1 Å². The fourth-order valence-corrected chi connectivity index (χ4v) is 1.08. The second kappa shape index (κ2) is 4.69. The molecule has 1 unspecified atom stereocenters. The molecule has 5 heteroatoms. The van der Waals surface area contributed by atoms with Gasteiger partial charge in [-0.2, -0.15) is 0 Å². The molecule has 0 bridgehead atoms. The lowest BCUT2D eigenvalue weighted by molar-refractivity contribution is -0.873. The Balaban J connectivity index is 3.92. The summed E-state index contributed by atoms with van der Waals surface area (Å²) in [6, 6.07) is 0. The molecule has 0 aliphatic rings. The van der Waals surface area contributed by atoms with Crippen LogP contribution in [0.25, 0.3) is 0 Å². The van der Waals surface area contributed by atoms with Crippen molar-refractivity contribution >= 4 is 18.9 Å². The predicted octanol–water partition coefficient (Wildman–Crippen LogP) is 0.397. The van der Waals surface area contributed by atoms with E-state index in [9.17, 15) is 4.79 Å². The topological polar surface area (TPSA) is 46.5 Å². The van der Waals surface area contributed by atoms with Gasteiger partial charge in [-0.25, -0.2) is 0 Å². The van der Waals surface area contributed by atoms with Gasteiger partial charge in [0.1, 0.15) is 12.6 Å². The van der Waals surface area contributed by atoms with Crippen molar-refractivity contribution in [2.75, 3.05) is 27.7 Å². The van der Waals surface area contributed by atoms with Gasteiger partial charge in [-0.05, 0) is 12.9 Å². The Hall–Kier alpha value is -0.260. The standard InChI is InChI=1S/C7H15NO3S/c1-8(2,3)5-6(11-12)4-7(9)10/h6H,4-5H2,1-3H3,(H-,9,10,12)/p+1. The molecule has 0 radical (unpaired) electrons. The number of carbonyl (C=O) groups is 1. The lowest BCUT2D eigenvalue weighted by atomic mass is 10.2. The fraction of sp³-hybridized carbons (Fsp3) is 0.857. The summed E-state index contributed by atoms with van der Waals surface area (Å²) in [5.41, 5.74) is 0. The molecule has 0 rings (SSSR count). The van der Waals surface area contributed by atoms with Crippen LogP contribution in [0.5, 0.6) is 0 Å². The minimum absolute atomic E-state index is 0.000972. The molecule has 4 nitrogen and oxygen atoms in total. The van der Waals surface area contributed by atoms with Crippen molar-refractivity contribution in [2.24, 2.45) is 0 Å². The number of quaternary nitrogens is 1. The molecule has 0 heterocycles. The third-order valence-electron chi connectivity index (χ3n) is 1.30. The van der Waals surface area contributed by atoms with Crippen LogP contribution in [0, 0.1) is 0 Å². The van der Waals surface area contributed by atoms with E-state index >= 15 is 0 Å². The van der Waals surface area contributed by atoms with E-state index in [0.717, 1.165) is 0 Å². The summed E-state index contributed by atoms with van der Waals surface area (Å²) in [5.74, 6) is -0.859. The minimum atomic E-state index is -0.859. The summed E-state index contributed by atoms with van der Waals surface area (Å²) in [6.45, 7) is 0.635. The molecule has 1 atom stereocenters. The highest BCUT2D eigenvalue weighted by Crippen LogP contribution is 2.05. The van der Waals surface area contributed by atoms with Crippen LogP contribution in [0.1, 0.15) is 6.42 Å². The molecule has 72 valence electrons. The number of hydrogen-bond donors (Lipinski definition) is 2. The van der Waals surface area contributed by atoms with E-state index in [1.165, 1.54) is 0 Å². The first-order valence-electron chi connectivity index (χ1n) is 3.67. The quantitative estimate of drug-likeness (QED) is 0.378. The predicted molar refractivity (Wildman–Crippen MR) is 49.0 cm³/mol. The molecule has 0 fully saturated rings. The van der Waals surface area contributed by atoms with Crippen molar-refractivity contribution in [3.63, 3.8) is 0 Å². The van der Waals surface area contributed by atoms with Crippen LogP contribution in [0.15, 0.2) is 0 Å². The van der Waals surface area contributed by atoms with Crippen molar-refractivity contribution in [1.29, 1.82) is 0 Å². The number of hydrogen-bond acceptors (Lipinski definition) is 3. The van der Waals surface area contributed by atoms with Crippen molar-refractivity contribution in [3.8, 4) is 0 Å². The van der Waals surface area contributed by atoms with Crippen molar-refractivity contribution in [1.82, 2.24) is 0 Å². The Morgan fingerprint density at radius 1 is 1.58 bits per heavy atom. The lowest BCUT2D eigenvalue weighted by Crippen LogP contribution is -2.42. The molecule has 0 saturated carbocycles. The van der Waals surface area contributed by atoms with E-state index in [1.54, 1.807) is 0 Å². The Morgan fingerprint density at radius 3 is 2.33 bits per heavy atom. The largest absolute Gasteiger partial charge is 0.481 e. The third-order valence-corrected chi connectivity index (χ3v) is 1.60. The SMILES string of the molecule is C[N+](C)(C)CC(CC(=O)O)OS. The number of thiol groups is 1. The molecular formula is C7H16NO3S+. The van der Waals surface area contributed by atoms with E-state index in [0.29, 0.717) is 11.0 Å². The van der Waals surface area contributed by atoms with E-state index in [2.05, 4.69) is 12.9 Å². The highest BCUT2D eigenvalue weighted by molar-refractivity contribution is 7.75. The van der Waals surface area contributed by atoms with Gasteiger partial charge in [0.15, 0.2) is 0 Å². The Bertz CT molecular complexity index is 155. The number of nitrogens with zero attached hydrogens (tertiary/aromatic N) is 1. The van der Waals surface area contributed by atoms with Gasteiger partial charge in [-0.15, -0.1) is 0 Å². The first kappa shape index (κ1) is 11.7. The molecule has 0 spiro atoms. The molecule has 0 aliphatic carbocycles. The van der Waals surface area contributed by atoms with Crippen molar-refractivity contribution < 1.29 is 18.6 Å². The maximum atomic E-state index is 10.3. The van der Waals surface area contributed by atoms with Crippen molar-refractivity contribution in [2.45, 2.75) is 12.5 Å². The Kier molecular flexibility index (Phi) is 4.59. The number of likely N-dealkylation sites (N-methyl/N-ethyl adjacent to an activating group) is 1. The van der Waals surface area contributed by atoms with Gasteiger partial charge in [0.2, 0.25) is 0 Å². The van der Waals surface area contributed by atoms with Crippen LogP contribution >= 0.6 is 12.9 Å². The number of carboxylic acids is 1. The van der Waals surface area contributed by atoms with Gasteiger partial charge in [0, 0.05) is 0 Å². The Morgan fingerprint density at radius 2 is 2.08 bits per heavy atom. The highest BCUT2D eigenvalue weighted by atomic mass is 32.1. The van der Waals surface area contributed by atoms with Crippen LogP contribution in [0.2, 0.25) is 0 Å². The fourth-order valence-electron chi connectivity index (χ4n) is 0.941. The number of rotatable bonds is 5. The van der Waals surface area contributed by atoms with Crippen molar-refractivity contribution in [3.05, 3.63) is 0 Å². The smallest absolute Gasteiger partial charge is 0.306 e. The summed E-state index contributed by atoms with van der Waals surface area (Å²) >= 11 is 3.63. The average molecular weight is 194 g/mol. The molecule has 0 aromatic heterocycles. The average Bonchev–Trinajstić information content (AvgIpc) is 1.82. The monoisotopic (exact) mass is 194 g/mol. The molecule has 0 aromatic carbocycles. The third kappa shape index (κ3) is 6.45. The minimum Gasteiger partial charge on any atom is -0.481 e. The normalized spacial score (nSPS) is 14.3. The van der Waals surface area contributed by atoms with Crippen LogP contribution in [0.3, 0.4) is 0 Å². The van der Waals surface area contributed by atoms with E-state index in [4.69, 9.17) is 9.29 Å². The first-order chi connectivity index (χ1) is 5.35. The molecular weight excluding hydrogens is 178 g/mol. The highest BCUT2D eigenvalue weighted by Gasteiger charge is 2.20. The van der Waals surface area contributed by atoms with Gasteiger partial charge in [0.25, 0.3) is 0 Å². The summed E-state index contributed by atoms with van der Waals surface area (Å²) in [7, 11) is 5.92. The zero-order chi connectivity index (χ0) is 9.78. The zero-order valence-electron chi connectivity index (χ0n) is 7.65. The van der Waals surface area contributed by atoms with Gasteiger partial charge >= 0.3 is 5.97 Å². The van der Waals surface area contributed by atoms with E-state index in [-0.39, 0.29) is 12.5 Å². The Labute approximate surface area is 78.3 Å². The molecule has 12 heavy (non-hydrogen) atoms. The second-order valence-electron chi connectivity index (χ2n) is 3.80. The summed E-state index contributed by atoms with van der Waals surface area (Å²) < 4.78 is 5.40. The number of carboxylic acid groups (broad SMARTS) is 1. The molecule has 0 amide bonds. The summed E-state index contributed by atoms with van der Waals surface area (Å²) in [6.07, 6.45) is -0.329. The maximum Gasteiger partial charge on any atom is 0.306 e. The number of aliphatic carboxylic acids is 1. The van der Waals surface area contributed by atoms with Gasteiger partial charge in [0.05, 0.1) is 27.6 Å². The molecule has 0 saturated heterocycles. The second-order valence-corrected chi connectivity index (χ2v) is 4.01. The molecule has 0 aromatic rings. The molecule has 1 N–H and O–H groups in total. The van der Waals surface area contributed by atoms with Crippen LogP contribution < -0.4 is 0 Å². The van der Waals surface area contributed by atoms with Gasteiger partial charge in [-0.1, -0.05) is 0 Å². The molecule has 0 aliphatic heterocycles. The zero-order valence-corrected chi connectivity index (χ0v) is 8.54. The first-order valence-corrected chi connectivity index (χ1v) is 4.04. The van der Waals surface area contributed by atoms with Crippen LogP contribution in [0.4, 0.5) is 0 Å². The van der Waals surface area contributed by atoms with Crippen LogP contribution in [-0.4, -0.2) is 49.4 Å². The lowest BCUT2D eigenvalue weighted by Gasteiger charge is -2.27. The van der Waals surface area contributed by atoms with Gasteiger partial charge < -0.3 is 13.8 Å². The van der Waals surface area contributed by atoms with Crippen LogP contribution in [-0.2, 0) is 8.98 Å². The summed E-state index contributed by atoms with van der Waals surface area (Å²) in [4.78, 5) is 10.3. The van der Waals surface area contributed by atoms with Gasteiger partial charge in [-0.3, -0.25) is 4.79 Å².